The summed E-state index contributed by atoms with van der Waals surface area (Å²) in [7, 11) is 1.62. The fourth-order valence-corrected chi connectivity index (χ4v) is 1.49. The molecule has 0 bridgehead atoms. The number of nitrogens with zero attached hydrogens (tertiary/aromatic N) is 2. The maximum Gasteiger partial charge on any atom is 0.235 e. The quantitative estimate of drug-likeness (QED) is 0.708. The second-order valence-corrected chi connectivity index (χ2v) is 3.09. The number of allylic oxidation sites excluding steroid dienone is 1. The molecule has 0 saturated heterocycles. The lowest BCUT2D eigenvalue weighted by atomic mass is 10.1. The van der Waals surface area contributed by atoms with Gasteiger partial charge in [0.2, 0.25) is 5.88 Å². The highest BCUT2D eigenvalue weighted by atomic mass is 16.5. The predicted molar refractivity (Wildman–Crippen MR) is 62.0 cm³/mol. The van der Waals surface area contributed by atoms with E-state index in [9.17, 15) is 0 Å². The number of fused-ring (bicyclic) bond motifs is 1. The molecule has 0 saturated carbocycles. The number of rotatable bonds is 1. The number of hydrogen-bond acceptors (Lipinski definition) is 3. The molecule has 0 aliphatic heterocycles. The van der Waals surface area contributed by atoms with E-state index in [2.05, 4.69) is 16.0 Å². The van der Waals surface area contributed by atoms with Gasteiger partial charge in [-0.1, -0.05) is 19.9 Å². The number of hydrogen-bond donors (Lipinski definition) is 0. The third kappa shape index (κ3) is 2.55. The van der Waals surface area contributed by atoms with E-state index in [4.69, 9.17) is 4.74 Å². The zero-order chi connectivity index (χ0) is 11.3. The summed E-state index contributed by atoms with van der Waals surface area (Å²) >= 11 is 0. The van der Waals surface area contributed by atoms with E-state index < -0.39 is 0 Å². The summed E-state index contributed by atoms with van der Waals surface area (Å²) in [5.74, 6) is 0.630. The third-order valence-electron chi connectivity index (χ3n) is 2.15. The van der Waals surface area contributed by atoms with E-state index >= 15 is 0 Å². The molecule has 0 spiro atoms. The highest BCUT2D eigenvalue weighted by Crippen LogP contribution is 2.20. The molecule has 1 aliphatic carbocycles. The summed E-state index contributed by atoms with van der Waals surface area (Å²) in [6.07, 6.45) is 6.18. The normalized spacial score (nSPS) is 12.5. The largest absolute Gasteiger partial charge is 0.480 e. The average molecular weight is 206 g/mol. The van der Waals surface area contributed by atoms with Gasteiger partial charge in [0.25, 0.3) is 0 Å². The first-order valence-corrected chi connectivity index (χ1v) is 5.39. The van der Waals surface area contributed by atoms with Crippen molar-refractivity contribution in [1.29, 1.82) is 0 Å². The van der Waals surface area contributed by atoms with E-state index in [-0.39, 0.29) is 0 Å². The fraction of sp³-hybridized carbons (Fsp3) is 0.500. The molecule has 0 unspecified atom stereocenters. The maximum atomic E-state index is 5.10. The van der Waals surface area contributed by atoms with Crippen molar-refractivity contribution < 1.29 is 4.74 Å². The molecule has 0 radical (unpaired) electrons. The summed E-state index contributed by atoms with van der Waals surface area (Å²) in [5, 5.41) is 0. The van der Waals surface area contributed by atoms with Crippen LogP contribution in [0.3, 0.4) is 0 Å². The monoisotopic (exact) mass is 206 g/mol. The van der Waals surface area contributed by atoms with Gasteiger partial charge in [-0.2, -0.15) is 0 Å². The molecule has 0 fully saturated rings. The molecule has 2 rings (SSSR count). The van der Waals surface area contributed by atoms with Crippen molar-refractivity contribution in [2.24, 2.45) is 0 Å². The van der Waals surface area contributed by atoms with Crippen LogP contribution >= 0.6 is 0 Å². The number of aromatic nitrogens is 2. The molecule has 3 nitrogen and oxygen atoms in total. The molecule has 1 aromatic rings. The van der Waals surface area contributed by atoms with Crippen molar-refractivity contribution in [3.63, 3.8) is 0 Å². The Hall–Kier alpha value is -1.38. The van der Waals surface area contributed by atoms with Crippen LogP contribution in [0.25, 0.3) is 6.08 Å². The topological polar surface area (TPSA) is 35.0 Å². The molecular formula is C12H18N2O. The Morgan fingerprint density at radius 3 is 2.67 bits per heavy atom. The first-order valence-electron chi connectivity index (χ1n) is 5.39. The van der Waals surface area contributed by atoms with E-state index in [0.29, 0.717) is 5.88 Å². The molecule has 0 N–H and O–H groups in total. The van der Waals surface area contributed by atoms with Crippen LogP contribution in [0, 0.1) is 6.92 Å². The van der Waals surface area contributed by atoms with Crippen molar-refractivity contribution in [3.8, 4) is 5.88 Å². The summed E-state index contributed by atoms with van der Waals surface area (Å²) in [4.78, 5) is 8.81. The lowest BCUT2D eigenvalue weighted by Gasteiger charge is -2.11. The fourth-order valence-electron chi connectivity index (χ4n) is 1.49. The van der Waals surface area contributed by atoms with Gasteiger partial charge < -0.3 is 4.74 Å². The maximum absolute atomic E-state index is 5.10. The van der Waals surface area contributed by atoms with Crippen molar-refractivity contribution in [2.45, 2.75) is 33.6 Å². The molecular weight excluding hydrogens is 188 g/mol. The number of aryl methyl sites for hydroxylation is 2. The Bertz CT molecular complexity index is 359. The van der Waals surface area contributed by atoms with Crippen LogP contribution in [0.15, 0.2) is 6.08 Å². The molecule has 1 heterocycles. The Kier molecular flexibility index (Phi) is 4.28. The van der Waals surface area contributed by atoms with E-state index in [0.717, 1.165) is 29.9 Å². The van der Waals surface area contributed by atoms with E-state index in [1.807, 2.05) is 26.8 Å². The average Bonchev–Trinajstić information content (AvgIpc) is 2.31. The third-order valence-corrected chi connectivity index (χ3v) is 2.15. The Balaban J connectivity index is 0.000000531. The van der Waals surface area contributed by atoms with Gasteiger partial charge in [0.1, 0.15) is 0 Å². The molecule has 0 aromatic carbocycles. The minimum Gasteiger partial charge on any atom is -0.480 e. The minimum atomic E-state index is 0.630. The highest BCUT2D eigenvalue weighted by molar-refractivity contribution is 5.51. The molecule has 3 heteroatoms. The second kappa shape index (κ2) is 5.49. The van der Waals surface area contributed by atoms with Crippen LogP contribution in [0.1, 0.15) is 37.4 Å². The SMILES string of the molecule is CC.COc1nc2c(nc1C)CCC=C2. The van der Waals surface area contributed by atoms with Crippen LogP contribution in [-0.4, -0.2) is 17.1 Å². The first-order chi connectivity index (χ1) is 7.31. The number of ether oxygens (including phenoxy) is 1. The van der Waals surface area contributed by atoms with Crippen molar-refractivity contribution in [2.75, 3.05) is 7.11 Å². The Labute approximate surface area is 91.2 Å². The van der Waals surface area contributed by atoms with Crippen LogP contribution in [0.5, 0.6) is 5.88 Å². The summed E-state index contributed by atoms with van der Waals surface area (Å²) in [6.45, 7) is 5.92. The summed E-state index contributed by atoms with van der Waals surface area (Å²) in [5.41, 5.74) is 2.91. The molecule has 15 heavy (non-hydrogen) atoms. The van der Waals surface area contributed by atoms with Gasteiger partial charge in [-0.15, -0.1) is 0 Å². The Morgan fingerprint density at radius 2 is 2.00 bits per heavy atom. The molecule has 82 valence electrons. The van der Waals surface area contributed by atoms with Gasteiger partial charge in [0.15, 0.2) is 0 Å². The van der Waals surface area contributed by atoms with Gasteiger partial charge >= 0.3 is 0 Å². The molecule has 1 aromatic heterocycles. The van der Waals surface area contributed by atoms with E-state index in [1.54, 1.807) is 7.11 Å². The van der Waals surface area contributed by atoms with Crippen molar-refractivity contribution in [3.05, 3.63) is 23.2 Å². The zero-order valence-electron chi connectivity index (χ0n) is 9.87. The molecule has 1 aliphatic rings. The Morgan fingerprint density at radius 1 is 1.27 bits per heavy atom. The van der Waals surface area contributed by atoms with Crippen LogP contribution in [-0.2, 0) is 6.42 Å². The van der Waals surface area contributed by atoms with Crippen molar-refractivity contribution in [1.82, 2.24) is 9.97 Å². The summed E-state index contributed by atoms with van der Waals surface area (Å²) in [6, 6.07) is 0. The predicted octanol–water partition coefficient (Wildman–Crippen LogP) is 2.78. The van der Waals surface area contributed by atoms with Gasteiger partial charge in [-0.25, -0.2) is 4.98 Å². The highest BCUT2D eigenvalue weighted by Gasteiger charge is 2.11. The lowest BCUT2D eigenvalue weighted by Crippen LogP contribution is -2.05. The standard InChI is InChI=1S/C10H12N2O.C2H6/c1-7-10(13-2)12-9-6-4-3-5-8(9)11-7;1-2/h4,6H,3,5H2,1-2H3;1-2H3. The zero-order valence-corrected chi connectivity index (χ0v) is 9.87. The van der Waals surface area contributed by atoms with Crippen LogP contribution < -0.4 is 4.74 Å². The summed E-state index contributed by atoms with van der Waals surface area (Å²) < 4.78 is 5.10. The lowest BCUT2D eigenvalue weighted by molar-refractivity contribution is 0.390. The minimum absolute atomic E-state index is 0.630. The smallest absolute Gasteiger partial charge is 0.235 e. The van der Waals surface area contributed by atoms with Crippen LogP contribution in [0.2, 0.25) is 0 Å². The van der Waals surface area contributed by atoms with Crippen molar-refractivity contribution >= 4 is 6.08 Å². The number of methoxy groups -OCH3 is 1. The molecule has 0 amide bonds. The van der Waals surface area contributed by atoms with Gasteiger partial charge in [-0.3, -0.25) is 4.98 Å². The van der Waals surface area contributed by atoms with Crippen LogP contribution in [0.4, 0.5) is 0 Å². The van der Waals surface area contributed by atoms with Gasteiger partial charge in [0, 0.05) is 0 Å². The molecule has 0 atom stereocenters. The second-order valence-electron chi connectivity index (χ2n) is 3.09. The van der Waals surface area contributed by atoms with Gasteiger partial charge in [0.05, 0.1) is 24.2 Å². The van der Waals surface area contributed by atoms with Gasteiger partial charge in [-0.05, 0) is 25.8 Å². The van der Waals surface area contributed by atoms with E-state index in [1.165, 1.54) is 0 Å². The first kappa shape index (κ1) is 11.7.